The lowest BCUT2D eigenvalue weighted by molar-refractivity contribution is -0.145. The van der Waals surface area contributed by atoms with Crippen molar-refractivity contribution in [1.82, 2.24) is 4.90 Å². The molecule has 0 aliphatic carbocycles. The number of carboxylic acids is 1. The highest BCUT2D eigenvalue weighted by atomic mass is 16.5. The largest absolute Gasteiger partial charge is 0.481 e. The molecule has 0 aromatic rings. The normalized spacial score (nSPS) is 31.1. The highest BCUT2D eigenvalue weighted by molar-refractivity contribution is 5.70. The van der Waals surface area contributed by atoms with Crippen LogP contribution < -0.4 is 0 Å². The first kappa shape index (κ1) is 12.8. The number of ether oxygens (including phenoxy) is 1. The monoisotopic (exact) mass is 241 g/mol. The van der Waals surface area contributed by atoms with Crippen LogP contribution in [0.2, 0.25) is 0 Å². The molecular weight excluding hydrogens is 218 g/mol. The molecule has 2 rings (SSSR count). The van der Waals surface area contributed by atoms with Crippen molar-refractivity contribution < 1.29 is 14.6 Å². The summed E-state index contributed by atoms with van der Waals surface area (Å²) in [5.74, 6) is -0.568. The molecule has 0 amide bonds. The first-order chi connectivity index (χ1) is 7.87. The van der Waals surface area contributed by atoms with Crippen LogP contribution in [0.1, 0.15) is 33.6 Å². The van der Waals surface area contributed by atoms with Gasteiger partial charge in [0, 0.05) is 19.6 Å². The minimum absolute atomic E-state index is 0.0310. The molecular formula is C13H23NO3. The standard InChI is InChI=1S/C13H23NO3/c1-9(12(15)16)10-6-14(7-10)8-11-4-5-13(2,3)17-11/h9-11H,4-8H2,1-3H3,(H,15,16). The van der Waals surface area contributed by atoms with Crippen LogP contribution >= 0.6 is 0 Å². The third-order valence-corrected chi connectivity index (χ3v) is 4.10. The average molecular weight is 241 g/mol. The van der Waals surface area contributed by atoms with E-state index in [1.54, 1.807) is 6.92 Å². The van der Waals surface area contributed by atoms with Crippen molar-refractivity contribution in [2.24, 2.45) is 11.8 Å². The third kappa shape index (κ3) is 2.99. The first-order valence-electron chi connectivity index (χ1n) is 6.50. The molecule has 1 N–H and O–H groups in total. The summed E-state index contributed by atoms with van der Waals surface area (Å²) in [5, 5.41) is 8.91. The molecule has 0 radical (unpaired) electrons. The average Bonchev–Trinajstić information content (AvgIpc) is 2.50. The van der Waals surface area contributed by atoms with Gasteiger partial charge >= 0.3 is 5.97 Å². The zero-order valence-electron chi connectivity index (χ0n) is 11.0. The van der Waals surface area contributed by atoms with E-state index in [0.29, 0.717) is 12.0 Å². The van der Waals surface area contributed by atoms with Crippen molar-refractivity contribution in [2.45, 2.75) is 45.3 Å². The van der Waals surface area contributed by atoms with E-state index in [4.69, 9.17) is 9.84 Å². The molecule has 2 saturated heterocycles. The van der Waals surface area contributed by atoms with Gasteiger partial charge in [-0.15, -0.1) is 0 Å². The Balaban J connectivity index is 1.70. The van der Waals surface area contributed by atoms with Crippen LogP contribution in [0.5, 0.6) is 0 Å². The zero-order valence-corrected chi connectivity index (χ0v) is 11.0. The number of likely N-dealkylation sites (tertiary alicyclic amines) is 1. The Kier molecular flexibility index (Phi) is 3.46. The SMILES string of the molecule is CC(C(=O)O)C1CN(CC2CCC(C)(C)O2)C1. The predicted octanol–water partition coefficient (Wildman–Crippen LogP) is 1.60. The number of nitrogens with zero attached hydrogens (tertiary/aromatic N) is 1. The lowest BCUT2D eigenvalue weighted by atomic mass is 9.87. The molecule has 0 bridgehead atoms. The molecule has 98 valence electrons. The maximum atomic E-state index is 10.8. The van der Waals surface area contributed by atoms with Gasteiger partial charge in [-0.3, -0.25) is 4.79 Å². The number of hydrogen-bond acceptors (Lipinski definition) is 3. The van der Waals surface area contributed by atoms with Gasteiger partial charge in [-0.1, -0.05) is 6.92 Å². The van der Waals surface area contributed by atoms with Gasteiger partial charge in [0.25, 0.3) is 0 Å². The van der Waals surface area contributed by atoms with Crippen LogP contribution in [0, 0.1) is 11.8 Å². The van der Waals surface area contributed by atoms with E-state index in [-0.39, 0.29) is 11.5 Å². The number of hydrogen-bond donors (Lipinski definition) is 1. The molecule has 2 atom stereocenters. The Morgan fingerprint density at radius 1 is 1.53 bits per heavy atom. The fourth-order valence-electron chi connectivity index (χ4n) is 2.77. The number of aliphatic carboxylic acids is 1. The number of rotatable bonds is 4. The molecule has 0 aromatic carbocycles. The zero-order chi connectivity index (χ0) is 12.6. The van der Waals surface area contributed by atoms with Gasteiger partial charge in [-0.2, -0.15) is 0 Å². The quantitative estimate of drug-likeness (QED) is 0.812. The van der Waals surface area contributed by atoms with E-state index in [0.717, 1.165) is 32.5 Å². The molecule has 2 unspecified atom stereocenters. The predicted molar refractivity (Wildman–Crippen MR) is 64.9 cm³/mol. The third-order valence-electron chi connectivity index (χ3n) is 4.10. The second-order valence-corrected chi connectivity index (χ2v) is 6.14. The van der Waals surface area contributed by atoms with Crippen molar-refractivity contribution in [2.75, 3.05) is 19.6 Å². The van der Waals surface area contributed by atoms with Gasteiger partial charge in [0.1, 0.15) is 0 Å². The highest BCUT2D eigenvalue weighted by Crippen LogP contribution is 2.32. The minimum Gasteiger partial charge on any atom is -0.481 e. The summed E-state index contributed by atoms with van der Waals surface area (Å²) in [6.45, 7) is 8.87. The summed E-state index contributed by atoms with van der Waals surface area (Å²) in [5.41, 5.74) is 0.0310. The molecule has 0 saturated carbocycles. The van der Waals surface area contributed by atoms with Gasteiger partial charge < -0.3 is 14.7 Å². The van der Waals surface area contributed by atoms with Crippen LogP contribution in [0.4, 0.5) is 0 Å². The van der Waals surface area contributed by atoms with Gasteiger partial charge in [0.15, 0.2) is 0 Å². The van der Waals surface area contributed by atoms with Crippen molar-refractivity contribution >= 4 is 5.97 Å². The van der Waals surface area contributed by atoms with E-state index >= 15 is 0 Å². The van der Waals surface area contributed by atoms with Gasteiger partial charge in [0.05, 0.1) is 17.6 Å². The maximum absolute atomic E-state index is 10.8. The Bertz CT molecular complexity index is 297. The lowest BCUT2D eigenvalue weighted by Gasteiger charge is -2.42. The summed E-state index contributed by atoms with van der Waals surface area (Å²) in [4.78, 5) is 13.1. The molecule has 2 aliphatic rings. The molecule has 2 aliphatic heterocycles. The van der Waals surface area contributed by atoms with Crippen molar-refractivity contribution in [3.8, 4) is 0 Å². The fraction of sp³-hybridized carbons (Fsp3) is 0.923. The number of carbonyl (C=O) groups is 1. The molecule has 17 heavy (non-hydrogen) atoms. The van der Waals surface area contributed by atoms with Crippen LogP contribution in [0.25, 0.3) is 0 Å². The van der Waals surface area contributed by atoms with E-state index < -0.39 is 5.97 Å². The molecule has 4 nitrogen and oxygen atoms in total. The summed E-state index contributed by atoms with van der Waals surface area (Å²) in [6.07, 6.45) is 2.59. The van der Waals surface area contributed by atoms with Gasteiger partial charge in [0.2, 0.25) is 0 Å². The Morgan fingerprint density at radius 2 is 2.18 bits per heavy atom. The van der Waals surface area contributed by atoms with Crippen LogP contribution in [-0.4, -0.2) is 47.3 Å². The van der Waals surface area contributed by atoms with E-state index in [2.05, 4.69) is 18.7 Å². The van der Waals surface area contributed by atoms with E-state index in [1.807, 2.05) is 0 Å². The van der Waals surface area contributed by atoms with E-state index in [1.165, 1.54) is 0 Å². The van der Waals surface area contributed by atoms with Crippen LogP contribution in [0.15, 0.2) is 0 Å². The lowest BCUT2D eigenvalue weighted by Crippen LogP contribution is -2.53. The summed E-state index contributed by atoms with van der Waals surface area (Å²) >= 11 is 0. The maximum Gasteiger partial charge on any atom is 0.306 e. The summed E-state index contributed by atoms with van der Waals surface area (Å²) in [7, 11) is 0. The molecule has 2 fully saturated rings. The van der Waals surface area contributed by atoms with Crippen molar-refractivity contribution in [3.63, 3.8) is 0 Å². The smallest absolute Gasteiger partial charge is 0.306 e. The van der Waals surface area contributed by atoms with Gasteiger partial charge in [-0.25, -0.2) is 0 Å². The Labute approximate surface area is 103 Å². The summed E-state index contributed by atoms with van der Waals surface area (Å²) in [6, 6.07) is 0. The second kappa shape index (κ2) is 4.58. The second-order valence-electron chi connectivity index (χ2n) is 6.14. The Morgan fingerprint density at radius 3 is 2.65 bits per heavy atom. The van der Waals surface area contributed by atoms with Crippen LogP contribution in [-0.2, 0) is 9.53 Å². The molecule has 4 heteroatoms. The molecule has 0 aromatic heterocycles. The summed E-state index contributed by atoms with van der Waals surface area (Å²) < 4.78 is 5.94. The molecule has 2 heterocycles. The highest BCUT2D eigenvalue weighted by Gasteiger charge is 2.38. The minimum atomic E-state index is -0.673. The van der Waals surface area contributed by atoms with E-state index in [9.17, 15) is 4.79 Å². The van der Waals surface area contributed by atoms with Crippen LogP contribution in [0.3, 0.4) is 0 Å². The first-order valence-corrected chi connectivity index (χ1v) is 6.50. The number of carboxylic acid groups (broad SMARTS) is 1. The molecule has 0 spiro atoms. The van der Waals surface area contributed by atoms with Crippen molar-refractivity contribution in [1.29, 1.82) is 0 Å². The topological polar surface area (TPSA) is 49.8 Å². The Hall–Kier alpha value is -0.610. The van der Waals surface area contributed by atoms with Gasteiger partial charge in [-0.05, 0) is 32.6 Å². The van der Waals surface area contributed by atoms with Crippen molar-refractivity contribution in [3.05, 3.63) is 0 Å². The fourth-order valence-corrected chi connectivity index (χ4v) is 2.77.